The second-order valence-electron chi connectivity index (χ2n) is 5.25. The first kappa shape index (κ1) is 14.4. The summed E-state index contributed by atoms with van der Waals surface area (Å²) in [5.74, 6) is 0.910. The third-order valence-corrected chi connectivity index (χ3v) is 3.75. The van der Waals surface area contributed by atoms with Crippen LogP contribution in [0.3, 0.4) is 0 Å². The van der Waals surface area contributed by atoms with Gasteiger partial charge in [-0.1, -0.05) is 45.9 Å². The average molecular weight is 256 g/mol. The second-order valence-corrected chi connectivity index (χ2v) is 6.61. The van der Waals surface area contributed by atoms with Gasteiger partial charge in [-0.25, -0.2) is 0 Å². The van der Waals surface area contributed by atoms with E-state index in [2.05, 4.69) is 45.9 Å². The summed E-state index contributed by atoms with van der Waals surface area (Å²) in [7, 11) is -3.42. The van der Waals surface area contributed by atoms with Crippen molar-refractivity contribution >= 4 is 9.46 Å². The van der Waals surface area contributed by atoms with E-state index in [1.165, 1.54) is 11.1 Å². The molecule has 0 saturated carbocycles. The fourth-order valence-corrected chi connectivity index (χ4v) is 2.38. The van der Waals surface area contributed by atoms with Crippen molar-refractivity contribution < 1.29 is 8.22 Å². The van der Waals surface area contributed by atoms with Crippen LogP contribution in [0.1, 0.15) is 56.2 Å². The maximum atomic E-state index is 12.4. The molecule has 0 aromatic heterocycles. The predicted molar refractivity (Wildman–Crippen MR) is 72.5 cm³/mol. The van der Waals surface area contributed by atoms with E-state index in [0.29, 0.717) is 18.3 Å². The number of rotatable bonds is 5. The summed E-state index contributed by atoms with van der Waals surface area (Å²) in [5.41, 5.74) is 3.61. The Morgan fingerprint density at radius 2 is 1.41 bits per heavy atom. The molecule has 1 rings (SSSR count). The number of hydrogen-bond donors (Lipinski definition) is 0. The molecule has 0 N–H and O–H groups in total. The van der Waals surface area contributed by atoms with Crippen molar-refractivity contribution in [1.82, 2.24) is 0 Å². The Labute approximate surface area is 105 Å². The number of aryl methyl sites for hydroxylation is 1. The highest BCUT2D eigenvalue weighted by atomic mass is 28.4. The standard InChI is InChI=1S/C14H22F2Si/c1-10(2)13-7-12(5-6-17(15)16)8-14(9-13)11(3)4/h7-11,17H,5-6H2,1-4H3. The zero-order valence-corrected chi connectivity index (χ0v) is 12.3. The fraction of sp³-hybridized carbons (Fsp3) is 0.571. The van der Waals surface area contributed by atoms with Gasteiger partial charge in [0.2, 0.25) is 0 Å². The zero-order valence-electron chi connectivity index (χ0n) is 11.1. The van der Waals surface area contributed by atoms with Crippen LogP contribution in [-0.4, -0.2) is 9.46 Å². The normalized spacial score (nSPS) is 11.8. The summed E-state index contributed by atoms with van der Waals surface area (Å²) in [6.07, 6.45) is 0.532. The summed E-state index contributed by atoms with van der Waals surface area (Å²) in [4.78, 5) is 0. The van der Waals surface area contributed by atoms with Gasteiger partial charge in [-0.15, -0.1) is 0 Å². The minimum Gasteiger partial charge on any atom is -0.275 e. The molecule has 96 valence electrons. The lowest BCUT2D eigenvalue weighted by atomic mass is 9.92. The molecule has 3 heteroatoms. The van der Waals surface area contributed by atoms with Crippen LogP contribution >= 0.6 is 0 Å². The first-order valence-corrected chi connectivity index (χ1v) is 8.01. The van der Waals surface area contributed by atoms with Gasteiger partial charge in [0.25, 0.3) is 0 Å². The van der Waals surface area contributed by atoms with Crippen molar-refractivity contribution in [1.29, 1.82) is 0 Å². The lowest BCUT2D eigenvalue weighted by molar-refractivity contribution is 0.650. The SMILES string of the molecule is CC(C)c1cc(CC[SiH](F)F)cc(C(C)C)c1. The number of benzene rings is 1. The van der Waals surface area contributed by atoms with E-state index in [-0.39, 0.29) is 6.04 Å². The molecular weight excluding hydrogens is 234 g/mol. The maximum absolute atomic E-state index is 12.4. The van der Waals surface area contributed by atoms with Crippen LogP contribution in [0.25, 0.3) is 0 Å². The molecular formula is C14H22F2Si. The van der Waals surface area contributed by atoms with Crippen LogP contribution in [-0.2, 0) is 6.42 Å². The fourth-order valence-electron chi connectivity index (χ4n) is 1.83. The molecule has 0 nitrogen and oxygen atoms in total. The van der Waals surface area contributed by atoms with Crippen molar-refractivity contribution in [2.45, 2.75) is 52.0 Å². The van der Waals surface area contributed by atoms with Crippen LogP contribution < -0.4 is 0 Å². The zero-order chi connectivity index (χ0) is 13.0. The molecule has 0 unspecified atom stereocenters. The quantitative estimate of drug-likeness (QED) is 0.532. The first-order chi connectivity index (χ1) is 7.90. The van der Waals surface area contributed by atoms with Gasteiger partial charge in [0.05, 0.1) is 0 Å². The minimum atomic E-state index is -3.42. The Kier molecular flexibility index (Phi) is 5.31. The van der Waals surface area contributed by atoms with E-state index in [4.69, 9.17) is 0 Å². The average Bonchev–Trinajstić information content (AvgIpc) is 2.25. The van der Waals surface area contributed by atoms with Crippen LogP contribution in [0, 0.1) is 0 Å². The Morgan fingerprint density at radius 3 is 1.76 bits per heavy atom. The van der Waals surface area contributed by atoms with Crippen molar-refractivity contribution in [2.75, 3.05) is 0 Å². The van der Waals surface area contributed by atoms with Gasteiger partial charge in [0, 0.05) is 0 Å². The third kappa shape index (κ3) is 4.58. The van der Waals surface area contributed by atoms with Crippen LogP contribution in [0.2, 0.25) is 6.04 Å². The molecule has 17 heavy (non-hydrogen) atoms. The van der Waals surface area contributed by atoms with Crippen molar-refractivity contribution in [3.05, 3.63) is 34.9 Å². The van der Waals surface area contributed by atoms with E-state index in [1.807, 2.05) is 0 Å². The molecule has 0 saturated heterocycles. The Bertz CT molecular complexity index is 333. The lowest BCUT2D eigenvalue weighted by Crippen LogP contribution is -2.01. The second kappa shape index (κ2) is 6.29. The Hall–Kier alpha value is -0.703. The smallest absolute Gasteiger partial charge is 0.275 e. The van der Waals surface area contributed by atoms with Gasteiger partial charge in [-0.3, -0.25) is 8.22 Å². The molecule has 0 atom stereocenters. The van der Waals surface area contributed by atoms with Gasteiger partial charge in [0.15, 0.2) is 0 Å². The van der Waals surface area contributed by atoms with E-state index in [1.54, 1.807) is 0 Å². The highest BCUT2D eigenvalue weighted by molar-refractivity contribution is 6.42. The largest absolute Gasteiger partial charge is 0.411 e. The number of halogens is 2. The van der Waals surface area contributed by atoms with Gasteiger partial charge >= 0.3 is 9.46 Å². The summed E-state index contributed by atoms with van der Waals surface area (Å²) in [5, 5.41) is 0. The summed E-state index contributed by atoms with van der Waals surface area (Å²) < 4.78 is 24.8. The predicted octanol–water partition coefficient (Wildman–Crippen LogP) is 4.64. The van der Waals surface area contributed by atoms with E-state index < -0.39 is 9.46 Å². The number of hydrogen-bond acceptors (Lipinski definition) is 0. The molecule has 0 spiro atoms. The molecule has 0 amide bonds. The Morgan fingerprint density at radius 1 is 0.941 bits per heavy atom. The van der Waals surface area contributed by atoms with Crippen molar-refractivity contribution in [3.8, 4) is 0 Å². The molecule has 0 fully saturated rings. The van der Waals surface area contributed by atoms with Crippen molar-refractivity contribution in [2.24, 2.45) is 0 Å². The lowest BCUT2D eigenvalue weighted by Gasteiger charge is -2.14. The Balaban J connectivity index is 2.95. The summed E-state index contributed by atoms with van der Waals surface area (Å²) in [6, 6.07) is 6.48. The molecule has 0 aliphatic carbocycles. The molecule has 1 aromatic carbocycles. The van der Waals surface area contributed by atoms with Gasteiger partial charge < -0.3 is 0 Å². The van der Waals surface area contributed by atoms with Crippen LogP contribution in [0.4, 0.5) is 8.22 Å². The topological polar surface area (TPSA) is 0 Å². The molecule has 0 aliphatic heterocycles. The van der Waals surface area contributed by atoms with Gasteiger partial charge in [-0.05, 0) is 41.0 Å². The van der Waals surface area contributed by atoms with E-state index in [9.17, 15) is 8.22 Å². The highest BCUT2D eigenvalue weighted by Gasteiger charge is 2.11. The highest BCUT2D eigenvalue weighted by Crippen LogP contribution is 2.24. The summed E-state index contributed by atoms with van der Waals surface area (Å²) in [6.45, 7) is 8.58. The molecule has 1 aromatic rings. The monoisotopic (exact) mass is 256 g/mol. The summed E-state index contributed by atoms with van der Waals surface area (Å²) >= 11 is 0. The molecule has 0 aliphatic rings. The first-order valence-electron chi connectivity index (χ1n) is 6.32. The van der Waals surface area contributed by atoms with Gasteiger partial charge in [-0.2, -0.15) is 0 Å². The molecule has 0 heterocycles. The van der Waals surface area contributed by atoms with Gasteiger partial charge in [0.1, 0.15) is 0 Å². The van der Waals surface area contributed by atoms with Crippen LogP contribution in [0.15, 0.2) is 18.2 Å². The van der Waals surface area contributed by atoms with Crippen molar-refractivity contribution in [3.63, 3.8) is 0 Å². The maximum Gasteiger partial charge on any atom is 0.411 e. The van der Waals surface area contributed by atoms with E-state index >= 15 is 0 Å². The van der Waals surface area contributed by atoms with Crippen LogP contribution in [0.5, 0.6) is 0 Å². The van der Waals surface area contributed by atoms with E-state index in [0.717, 1.165) is 5.56 Å². The minimum absolute atomic E-state index is 0.0963. The third-order valence-electron chi connectivity index (χ3n) is 3.02. The molecule has 0 bridgehead atoms. The molecule has 0 radical (unpaired) electrons.